The van der Waals surface area contributed by atoms with Gasteiger partial charge in [0.25, 0.3) is 10.0 Å². The van der Waals surface area contributed by atoms with Crippen molar-refractivity contribution in [3.63, 3.8) is 0 Å². The van der Waals surface area contributed by atoms with E-state index in [0.29, 0.717) is 17.3 Å². The Morgan fingerprint density at radius 2 is 2.05 bits per heavy atom. The van der Waals surface area contributed by atoms with Gasteiger partial charge in [-0.05, 0) is 37.0 Å². The molecule has 1 aromatic heterocycles. The van der Waals surface area contributed by atoms with Gasteiger partial charge < -0.3 is 5.32 Å². The van der Waals surface area contributed by atoms with Gasteiger partial charge in [-0.25, -0.2) is 8.42 Å². The molecule has 4 nitrogen and oxygen atoms in total. The number of nitrogens with one attached hydrogen (secondary N) is 2. The van der Waals surface area contributed by atoms with Crippen molar-refractivity contribution >= 4 is 38.6 Å². The quantitative estimate of drug-likeness (QED) is 0.885. The summed E-state index contributed by atoms with van der Waals surface area (Å²) in [5.74, 6) is 0. The molecule has 0 atom stereocenters. The van der Waals surface area contributed by atoms with Crippen LogP contribution in [0.2, 0.25) is 5.02 Å². The summed E-state index contributed by atoms with van der Waals surface area (Å²) in [6.07, 6.45) is 0. The van der Waals surface area contributed by atoms with Crippen LogP contribution in [0.3, 0.4) is 0 Å². The number of rotatable bonds is 5. The second-order valence-corrected chi connectivity index (χ2v) is 7.33. The second-order valence-electron chi connectivity index (χ2n) is 4.28. The largest absolute Gasteiger partial charge is 0.315 e. The molecule has 2 rings (SSSR count). The van der Waals surface area contributed by atoms with E-state index in [4.69, 9.17) is 11.6 Å². The van der Waals surface area contributed by atoms with Crippen molar-refractivity contribution in [2.45, 2.75) is 18.4 Å². The summed E-state index contributed by atoms with van der Waals surface area (Å²) in [6.45, 7) is 2.32. The zero-order chi connectivity index (χ0) is 14.8. The van der Waals surface area contributed by atoms with Crippen LogP contribution >= 0.6 is 22.9 Å². The Kier molecular flexibility index (Phi) is 4.70. The number of para-hydroxylation sites is 1. The molecule has 0 saturated heterocycles. The van der Waals surface area contributed by atoms with Crippen molar-refractivity contribution in [1.82, 2.24) is 5.32 Å². The van der Waals surface area contributed by atoms with Crippen molar-refractivity contribution in [2.24, 2.45) is 0 Å². The predicted octanol–water partition coefficient (Wildman–Crippen LogP) is 3.23. The van der Waals surface area contributed by atoms with Crippen LogP contribution in [0.5, 0.6) is 0 Å². The van der Waals surface area contributed by atoms with Gasteiger partial charge in [0, 0.05) is 11.4 Å². The van der Waals surface area contributed by atoms with Crippen LogP contribution in [0.25, 0.3) is 0 Å². The van der Waals surface area contributed by atoms with E-state index in [1.807, 2.05) is 13.0 Å². The van der Waals surface area contributed by atoms with Crippen LogP contribution in [-0.4, -0.2) is 15.5 Å². The Morgan fingerprint density at radius 3 is 2.70 bits per heavy atom. The molecule has 0 saturated carbocycles. The Balaban J connectivity index is 2.39. The van der Waals surface area contributed by atoms with Crippen LogP contribution in [-0.2, 0) is 16.6 Å². The molecule has 20 heavy (non-hydrogen) atoms. The first-order chi connectivity index (χ1) is 9.45. The molecule has 0 aliphatic carbocycles. The molecule has 1 aromatic carbocycles. The third kappa shape index (κ3) is 3.15. The molecular weight excluding hydrogens is 316 g/mol. The van der Waals surface area contributed by atoms with Gasteiger partial charge in [-0.1, -0.05) is 23.7 Å². The van der Waals surface area contributed by atoms with Gasteiger partial charge in [0.05, 0.1) is 10.7 Å². The highest BCUT2D eigenvalue weighted by Crippen LogP contribution is 2.30. The van der Waals surface area contributed by atoms with Gasteiger partial charge in [0.2, 0.25) is 0 Å². The summed E-state index contributed by atoms with van der Waals surface area (Å²) < 4.78 is 27.5. The fraction of sp³-hybridized carbons (Fsp3) is 0.231. The van der Waals surface area contributed by atoms with Crippen LogP contribution in [0.1, 0.15) is 10.4 Å². The lowest BCUT2D eigenvalue weighted by atomic mass is 10.2. The maximum Gasteiger partial charge on any atom is 0.263 e. The van der Waals surface area contributed by atoms with Gasteiger partial charge >= 0.3 is 0 Å². The van der Waals surface area contributed by atoms with E-state index in [2.05, 4.69) is 10.0 Å². The van der Waals surface area contributed by atoms with Gasteiger partial charge in [-0.15, -0.1) is 11.3 Å². The Labute approximate surface area is 127 Å². The van der Waals surface area contributed by atoms with Crippen molar-refractivity contribution in [3.8, 4) is 0 Å². The summed E-state index contributed by atoms with van der Waals surface area (Å²) in [5.41, 5.74) is 1.21. The minimum atomic E-state index is -3.63. The Morgan fingerprint density at radius 1 is 1.30 bits per heavy atom. The van der Waals surface area contributed by atoms with E-state index in [-0.39, 0.29) is 4.90 Å². The molecule has 1 heterocycles. The number of benzene rings is 1. The lowest BCUT2D eigenvalue weighted by Crippen LogP contribution is -2.16. The SMILES string of the molecule is CNCc1sccc1S(=O)(=O)Nc1c(C)cccc1Cl. The van der Waals surface area contributed by atoms with E-state index in [1.54, 1.807) is 30.6 Å². The van der Waals surface area contributed by atoms with E-state index < -0.39 is 10.0 Å². The summed E-state index contributed by atoms with van der Waals surface area (Å²) in [4.78, 5) is 1.06. The molecule has 0 aliphatic heterocycles. The molecular formula is C13H15ClN2O2S2. The molecule has 7 heteroatoms. The molecule has 0 radical (unpaired) electrons. The summed E-state index contributed by atoms with van der Waals surface area (Å²) >= 11 is 7.47. The number of hydrogen-bond donors (Lipinski definition) is 2. The van der Waals surface area contributed by atoms with Gasteiger partial charge in [-0.2, -0.15) is 0 Å². The maximum absolute atomic E-state index is 12.5. The van der Waals surface area contributed by atoms with Crippen LogP contribution < -0.4 is 10.0 Å². The smallest absolute Gasteiger partial charge is 0.263 e. The standard InChI is InChI=1S/C13H15ClN2O2S2/c1-9-4-3-5-10(14)13(9)16-20(17,18)12-6-7-19-11(12)8-15-2/h3-7,15-16H,8H2,1-2H3. The summed E-state index contributed by atoms with van der Waals surface area (Å²) in [5, 5.41) is 5.11. The highest BCUT2D eigenvalue weighted by Gasteiger charge is 2.21. The first-order valence-corrected chi connectivity index (χ1v) is 8.68. The van der Waals surface area contributed by atoms with Crippen LogP contribution in [0, 0.1) is 6.92 Å². The molecule has 0 bridgehead atoms. The van der Waals surface area contributed by atoms with Gasteiger partial charge in [0.15, 0.2) is 0 Å². The highest BCUT2D eigenvalue weighted by molar-refractivity contribution is 7.93. The zero-order valence-corrected chi connectivity index (χ0v) is 13.5. The molecule has 108 valence electrons. The topological polar surface area (TPSA) is 58.2 Å². The van der Waals surface area contributed by atoms with Crippen LogP contribution in [0.4, 0.5) is 5.69 Å². The van der Waals surface area contributed by atoms with Crippen LogP contribution in [0.15, 0.2) is 34.5 Å². The monoisotopic (exact) mass is 330 g/mol. The molecule has 2 aromatic rings. The fourth-order valence-corrected chi connectivity index (χ4v) is 4.74. The maximum atomic E-state index is 12.5. The number of hydrogen-bond acceptors (Lipinski definition) is 4. The number of sulfonamides is 1. The first-order valence-electron chi connectivity index (χ1n) is 5.94. The van der Waals surface area contributed by atoms with Crippen molar-refractivity contribution in [1.29, 1.82) is 0 Å². The van der Waals surface area contributed by atoms with Crippen molar-refractivity contribution in [3.05, 3.63) is 45.1 Å². The first kappa shape index (κ1) is 15.3. The number of halogens is 1. The summed E-state index contributed by atoms with van der Waals surface area (Å²) in [7, 11) is -1.85. The molecule has 0 unspecified atom stereocenters. The van der Waals surface area contributed by atoms with Crippen molar-refractivity contribution in [2.75, 3.05) is 11.8 Å². The second kappa shape index (κ2) is 6.13. The average Bonchev–Trinajstić information content (AvgIpc) is 2.84. The van der Waals surface area contributed by atoms with E-state index in [9.17, 15) is 8.42 Å². The number of anilines is 1. The number of thiophene rings is 1. The normalized spacial score (nSPS) is 11.6. The van der Waals surface area contributed by atoms with E-state index in [1.165, 1.54) is 11.3 Å². The van der Waals surface area contributed by atoms with E-state index >= 15 is 0 Å². The average molecular weight is 331 g/mol. The van der Waals surface area contributed by atoms with Crippen molar-refractivity contribution < 1.29 is 8.42 Å². The Bertz CT molecular complexity index is 691. The highest BCUT2D eigenvalue weighted by atomic mass is 35.5. The molecule has 0 spiro atoms. The fourth-order valence-electron chi connectivity index (χ4n) is 1.81. The lowest BCUT2D eigenvalue weighted by molar-refractivity contribution is 0.600. The van der Waals surface area contributed by atoms with Gasteiger partial charge in [-0.3, -0.25) is 4.72 Å². The van der Waals surface area contributed by atoms with E-state index in [0.717, 1.165) is 10.4 Å². The third-order valence-corrected chi connectivity index (χ3v) is 5.59. The molecule has 0 aliphatic rings. The lowest BCUT2D eigenvalue weighted by Gasteiger charge is -2.12. The summed E-state index contributed by atoms with van der Waals surface area (Å²) in [6, 6.07) is 6.86. The molecule has 0 fully saturated rings. The number of aryl methyl sites for hydroxylation is 1. The third-order valence-electron chi connectivity index (χ3n) is 2.79. The van der Waals surface area contributed by atoms with Gasteiger partial charge in [0.1, 0.15) is 4.90 Å². The predicted molar refractivity (Wildman–Crippen MR) is 84.1 cm³/mol. The molecule has 0 amide bonds. The minimum Gasteiger partial charge on any atom is -0.315 e. The Hall–Kier alpha value is -1.08. The zero-order valence-electron chi connectivity index (χ0n) is 11.1. The minimum absolute atomic E-state index is 0.288. The molecule has 2 N–H and O–H groups in total.